The van der Waals surface area contributed by atoms with Crippen molar-refractivity contribution in [1.82, 2.24) is 4.90 Å². The standard InChI is InChI=1S/C15H14ClNO2S.ClH/c16-12-3-1-2-4-13(12)19-15(18)10-17-7-5-14-11(9-17)6-8-20-14;/h1-4,6,8H,5,7,9-10H2;1H. The first-order valence-electron chi connectivity index (χ1n) is 6.45. The fourth-order valence-corrected chi connectivity index (χ4v) is 3.37. The lowest BCUT2D eigenvalue weighted by atomic mass is 10.1. The lowest BCUT2D eigenvalue weighted by Crippen LogP contribution is -2.35. The number of carbonyl (C=O) groups is 1. The SMILES string of the molecule is Cl.O=C(CN1CCc2sccc2C1)Oc1ccccc1Cl. The third kappa shape index (κ3) is 3.98. The quantitative estimate of drug-likeness (QED) is 0.627. The van der Waals surface area contributed by atoms with Gasteiger partial charge in [-0.3, -0.25) is 9.69 Å². The number of thiophene rings is 1. The van der Waals surface area contributed by atoms with E-state index in [1.807, 2.05) is 6.07 Å². The van der Waals surface area contributed by atoms with Crippen molar-refractivity contribution in [3.63, 3.8) is 0 Å². The number of fused-ring (bicyclic) bond motifs is 1. The first-order valence-corrected chi connectivity index (χ1v) is 7.71. The number of halogens is 2. The zero-order chi connectivity index (χ0) is 13.9. The predicted octanol–water partition coefficient (Wildman–Crippen LogP) is 3.79. The highest BCUT2D eigenvalue weighted by Crippen LogP contribution is 2.25. The van der Waals surface area contributed by atoms with E-state index in [1.165, 1.54) is 10.4 Å². The Hall–Kier alpha value is -1.07. The highest BCUT2D eigenvalue weighted by Gasteiger charge is 2.20. The van der Waals surface area contributed by atoms with Gasteiger partial charge in [0.05, 0.1) is 11.6 Å². The fraction of sp³-hybridized carbons (Fsp3) is 0.267. The molecule has 0 aliphatic carbocycles. The monoisotopic (exact) mass is 343 g/mol. The Morgan fingerprint density at radius 1 is 1.33 bits per heavy atom. The minimum absolute atomic E-state index is 0. The lowest BCUT2D eigenvalue weighted by molar-refractivity contribution is -0.135. The summed E-state index contributed by atoms with van der Waals surface area (Å²) in [6, 6.07) is 9.15. The maximum atomic E-state index is 12.0. The van der Waals surface area contributed by atoms with Crippen LogP contribution in [0.5, 0.6) is 5.75 Å². The summed E-state index contributed by atoms with van der Waals surface area (Å²) in [4.78, 5) is 15.5. The molecule has 0 radical (unpaired) electrons. The third-order valence-corrected chi connectivity index (χ3v) is 4.64. The largest absolute Gasteiger partial charge is 0.424 e. The van der Waals surface area contributed by atoms with Crippen LogP contribution in [0.15, 0.2) is 35.7 Å². The normalized spacial score (nSPS) is 14.1. The van der Waals surface area contributed by atoms with Gasteiger partial charge in [-0.25, -0.2) is 0 Å². The second kappa shape index (κ2) is 7.27. The van der Waals surface area contributed by atoms with Gasteiger partial charge in [0, 0.05) is 18.0 Å². The number of ether oxygens (including phenoxy) is 1. The Kier molecular flexibility index (Phi) is 5.65. The number of hydrogen-bond acceptors (Lipinski definition) is 4. The van der Waals surface area contributed by atoms with Crippen molar-refractivity contribution in [1.29, 1.82) is 0 Å². The van der Waals surface area contributed by atoms with Gasteiger partial charge in [-0.1, -0.05) is 23.7 Å². The molecule has 0 amide bonds. The van der Waals surface area contributed by atoms with Crippen LogP contribution >= 0.6 is 35.3 Å². The number of carbonyl (C=O) groups excluding carboxylic acids is 1. The summed E-state index contributed by atoms with van der Waals surface area (Å²) in [5, 5.41) is 2.57. The average molecular weight is 344 g/mol. The van der Waals surface area contributed by atoms with Gasteiger partial charge in [0.2, 0.25) is 0 Å². The Bertz CT molecular complexity index is 630. The number of hydrogen-bond donors (Lipinski definition) is 0. The van der Waals surface area contributed by atoms with Crippen LogP contribution in [-0.2, 0) is 17.8 Å². The molecule has 6 heteroatoms. The summed E-state index contributed by atoms with van der Waals surface area (Å²) in [7, 11) is 0. The Morgan fingerprint density at radius 3 is 2.95 bits per heavy atom. The van der Waals surface area contributed by atoms with Crippen LogP contribution in [0.3, 0.4) is 0 Å². The van der Waals surface area contributed by atoms with E-state index in [-0.39, 0.29) is 18.4 Å². The first-order chi connectivity index (χ1) is 9.72. The second-order valence-corrected chi connectivity index (χ2v) is 6.14. The van der Waals surface area contributed by atoms with Crippen molar-refractivity contribution in [3.05, 3.63) is 51.2 Å². The maximum absolute atomic E-state index is 12.0. The van der Waals surface area contributed by atoms with Gasteiger partial charge in [-0.2, -0.15) is 0 Å². The topological polar surface area (TPSA) is 29.5 Å². The van der Waals surface area contributed by atoms with Crippen LogP contribution in [-0.4, -0.2) is 24.0 Å². The Morgan fingerprint density at radius 2 is 2.14 bits per heavy atom. The van der Waals surface area contributed by atoms with Gasteiger partial charge >= 0.3 is 5.97 Å². The van der Waals surface area contributed by atoms with E-state index >= 15 is 0 Å². The number of benzene rings is 1. The molecule has 0 saturated carbocycles. The number of rotatable bonds is 3. The van der Waals surface area contributed by atoms with Gasteiger partial charge in [-0.15, -0.1) is 23.7 Å². The minimum atomic E-state index is -0.267. The lowest BCUT2D eigenvalue weighted by Gasteiger charge is -2.25. The van der Waals surface area contributed by atoms with Gasteiger partial charge in [0.15, 0.2) is 0 Å². The van der Waals surface area contributed by atoms with Gasteiger partial charge in [0.25, 0.3) is 0 Å². The molecule has 1 aromatic heterocycles. The molecule has 1 aromatic carbocycles. The van der Waals surface area contributed by atoms with Crippen molar-refractivity contribution in [2.45, 2.75) is 13.0 Å². The first kappa shape index (κ1) is 16.3. The molecule has 112 valence electrons. The van der Waals surface area contributed by atoms with Gasteiger partial charge in [-0.05, 0) is 35.6 Å². The van der Waals surface area contributed by atoms with Crippen LogP contribution in [0.1, 0.15) is 10.4 Å². The molecule has 21 heavy (non-hydrogen) atoms. The summed E-state index contributed by atoms with van der Waals surface area (Å²) in [6.45, 7) is 2.00. The highest BCUT2D eigenvalue weighted by molar-refractivity contribution is 7.10. The van der Waals surface area contributed by atoms with Crippen molar-refractivity contribution in [2.75, 3.05) is 13.1 Å². The van der Waals surface area contributed by atoms with Crippen LogP contribution in [0.4, 0.5) is 0 Å². The molecule has 0 fully saturated rings. The smallest absolute Gasteiger partial charge is 0.325 e. The molecular weight excluding hydrogens is 329 g/mol. The van der Waals surface area contributed by atoms with E-state index in [4.69, 9.17) is 16.3 Å². The van der Waals surface area contributed by atoms with E-state index in [0.717, 1.165) is 19.5 Å². The summed E-state index contributed by atoms with van der Waals surface area (Å²) >= 11 is 7.76. The molecule has 0 spiro atoms. The maximum Gasteiger partial charge on any atom is 0.325 e. The predicted molar refractivity (Wildman–Crippen MR) is 87.6 cm³/mol. The Labute approximate surface area is 138 Å². The van der Waals surface area contributed by atoms with Crippen LogP contribution in [0.25, 0.3) is 0 Å². The Balaban J connectivity index is 0.00000161. The summed E-state index contributed by atoms with van der Waals surface area (Å²) in [6.07, 6.45) is 1.01. The van der Waals surface area contributed by atoms with Crippen LogP contribution in [0.2, 0.25) is 5.02 Å². The van der Waals surface area contributed by atoms with E-state index in [2.05, 4.69) is 16.3 Å². The van der Waals surface area contributed by atoms with E-state index in [1.54, 1.807) is 29.5 Å². The molecule has 0 N–H and O–H groups in total. The molecule has 0 bridgehead atoms. The van der Waals surface area contributed by atoms with E-state index in [9.17, 15) is 4.79 Å². The third-order valence-electron chi connectivity index (χ3n) is 3.30. The summed E-state index contributed by atoms with van der Waals surface area (Å²) < 4.78 is 5.31. The summed E-state index contributed by atoms with van der Waals surface area (Å²) in [5.74, 6) is 0.157. The zero-order valence-electron chi connectivity index (χ0n) is 11.3. The number of nitrogens with zero attached hydrogens (tertiary/aromatic N) is 1. The van der Waals surface area contributed by atoms with Crippen molar-refractivity contribution in [2.24, 2.45) is 0 Å². The average Bonchev–Trinajstić information content (AvgIpc) is 2.89. The van der Waals surface area contributed by atoms with Gasteiger partial charge in [0.1, 0.15) is 5.75 Å². The molecule has 0 saturated heterocycles. The van der Waals surface area contributed by atoms with E-state index in [0.29, 0.717) is 17.3 Å². The number of para-hydroxylation sites is 1. The highest BCUT2D eigenvalue weighted by atomic mass is 35.5. The molecule has 3 rings (SSSR count). The molecule has 2 aromatic rings. The summed E-state index contributed by atoms with van der Waals surface area (Å²) in [5.41, 5.74) is 1.33. The van der Waals surface area contributed by atoms with Crippen LogP contribution < -0.4 is 4.74 Å². The van der Waals surface area contributed by atoms with Crippen molar-refractivity contribution < 1.29 is 9.53 Å². The molecule has 0 atom stereocenters. The second-order valence-electron chi connectivity index (χ2n) is 4.73. The van der Waals surface area contributed by atoms with Crippen molar-refractivity contribution >= 4 is 41.3 Å². The molecule has 2 heterocycles. The molecular formula is C15H15Cl2NO2S. The molecule has 0 unspecified atom stereocenters. The zero-order valence-corrected chi connectivity index (χ0v) is 13.6. The number of esters is 1. The van der Waals surface area contributed by atoms with Gasteiger partial charge < -0.3 is 4.74 Å². The minimum Gasteiger partial charge on any atom is -0.424 e. The van der Waals surface area contributed by atoms with Crippen molar-refractivity contribution in [3.8, 4) is 5.75 Å². The molecule has 1 aliphatic heterocycles. The van der Waals surface area contributed by atoms with E-state index < -0.39 is 0 Å². The fourth-order valence-electron chi connectivity index (χ4n) is 2.31. The molecule has 1 aliphatic rings. The van der Waals surface area contributed by atoms with Crippen LogP contribution in [0, 0.1) is 0 Å². The molecule has 3 nitrogen and oxygen atoms in total.